The SMILES string of the molecule is CCNc1ncccc1CN1CCC(C)C1. The average Bonchev–Trinajstić information content (AvgIpc) is 2.67. The van der Waals surface area contributed by atoms with E-state index in [-0.39, 0.29) is 0 Å². The van der Waals surface area contributed by atoms with Gasteiger partial charge in [0.1, 0.15) is 5.82 Å². The highest BCUT2D eigenvalue weighted by molar-refractivity contribution is 5.43. The lowest BCUT2D eigenvalue weighted by molar-refractivity contribution is 0.320. The summed E-state index contributed by atoms with van der Waals surface area (Å²) in [5, 5.41) is 3.32. The minimum atomic E-state index is 0.847. The van der Waals surface area contributed by atoms with Crippen molar-refractivity contribution in [3.63, 3.8) is 0 Å². The lowest BCUT2D eigenvalue weighted by Crippen LogP contribution is -2.20. The van der Waals surface area contributed by atoms with E-state index < -0.39 is 0 Å². The molecule has 1 aromatic heterocycles. The molecule has 1 saturated heterocycles. The number of hydrogen-bond donors (Lipinski definition) is 1. The van der Waals surface area contributed by atoms with Gasteiger partial charge in [0.2, 0.25) is 0 Å². The number of nitrogens with one attached hydrogen (secondary N) is 1. The Morgan fingerprint density at radius 3 is 3.12 bits per heavy atom. The zero-order valence-corrected chi connectivity index (χ0v) is 10.2. The van der Waals surface area contributed by atoms with Gasteiger partial charge in [0.15, 0.2) is 0 Å². The van der Waals surface area contributed by atoms with E-state index in [9.17, 15) is 0 Å². The number of aromatic nitrogens is 1. The Morgan fingerprint density at radius 2 is 2.44 bits per heavy atom. The van der Waals surface area contributed by atoms with Crippen molar-refractivity contribution in [2.75, 3.05) is 25.0 Å². The van der Waals surface area contributed by atoms with E-state index in [1.807, 2.05) is 12.3 Å². The van der Waals surface area contributed by atoms with E-state index in [1.54, 1.807) is 0 Å². The number of anilines is 1. The van der Waals surface area contributed by atoms with Crippen LogP contribution in [0.25, 0.3) is 0 Å². The van der Waals surface area contributed by atoms with Gasteiger partial charge in [-0.2, -0.15) is 0 Å². The minimum absolute atomic E-state index is 0.847. The highest BCUT2D eigenvalue weighted by Crippen LogP contribution is 2.20. The highest BCUT2D eigenvalue weighted by atomic mass is 15.1. The maximum absolute atomic E-state index is 4.39. The number of hydrogen-bond acceptors (Lipinski definition) is 3. The third-order valence-corrected chi connectivity index (χ3v) is 3.14. The second-order valence-corrected chi connectivity index (χ2v) is 4.67. The van der Waals surface area contributed by atoms with Gasteiger partial charge in [-0.25, -0.2) is 4.98 Å². The Labute approximate surface area is 97.9 Å². The van der Waals surface area contributed by atoms with Crippen LogP contribution in [0.15, 0.2) is 18.3 Å². The first kappa shape index (κ1) is 11.4. The zero-order chi connectivity index (χ0) is 11.4. The Balaban J connectivity index is 2.02. The summed E-state index contributed by atoms with van der Waals surface area (Å²) in [6.45, 7) is 8.84. The van der Waals surface area contributed by atoms with Gasteiger partial charge in [0.25, 0.3) is 0 Å². The summed E-state index contributed by atoms with van der Waals surface area (Å²) in [6.07, 6.45) is 3.19. The van der Waals surface area contributed by atoms with Crippen LogP contribution >= 0.6 is 0 Å². The normalized spacial score (nSPS) is 21.2. The Hall–Kier alpha value is -1.09. The molecule has 1 aliphatic heterocycles. The number of nitrogens with zero attached hydrogens (tertiary/aromatic N) is 2. The molecule has 2 heterocycles. The van der Waals surface area contributed by atoms with E-state index in [2.05, 4.69) is 35.1 Å². The molecule has 0 aliphatic carbocycles. The second-order valence-electron chi connectivity index (χ2n) is 4.67. The fourth-order valence-electron chi connectivity index (χ4n) is 2.30. The molecule has 1 aromatic rings. The summed E-state index contributed by atoms with van der Waals surface area (Å²) in [5.74, 6) is 1.89. The van der Waals surface area contributed by atoms with E-state index >= 15 is 0 Å². The van der Waals surface area contributed by atoms with Crippen LogP contribution in [0, 0.1) is 5.92 Å². The smallest absolute Gasteiger partial charge is 0.130 e. The first-order valence-electron chi connectivity index (χ1n) is 6.19. The van der Waals surface area contributed by atoms with Gasteiger partial charge in [-0.05, 0) is 31.9 Å². The average molecular weight is 219 g/mol. The van der Waals surface area contributed by atoms with E-state index in [0.717, 1.165) is 24.8 Å². The summed E-state index contributed by atoms with van der Waals surface area (Å²) in [4.78, 5) is 6.91. The second kappa shape index (κ2) is 5.30. The molecule has 1 aliphatic rings. The van der Waals surface area contributed by atoms with Crippen molar-refractivity contribution in [1.29, 1.82) is 0 Å². The molecule has 3 nitrogen and oxygen atoms in total. The molecule has 0 amide bonds. The molecular weight excluding hydrogens is 198 g/mol. The summed E-state index contributed by atoms with van der Waals surface area (Å²) in [7, 11) is 0. The van der Waals surface area contributed by atoms with E-state index in [0.29, 0.717) is 0 Å². The van der Waals surface area contributed by atoms with Crippen molar-refractivity contribution in [3.8, 4) is 0 Å². The fraction of sp³-hybridized carbons (Fsp3) is 0.615. The van der Waals surface area contributed by atoms with Gasteiger partial charge in [0, 0.05) is 31.4 Å². The van der Waals surface area contributed by atoms with Crippen LogP contribution in [0.5, 0.6) is 0 Å². The molecule has 1 fully saturated rings. The predicted molar refractivity (Wildman–Crippen MR) is 67.5 cm³/mol. The van der Waals surface area contributed by atoms with Crippen LogP contribution < -0.4 is 5.32 Å². The van der Waals surface area contributed by atoms with Gasteiger partial charge in [-0.3, -0.25) is 4.90 Å². The molecule has 16 heavy (non-hydrogen) atoms. The van der Waals surface area contributed by atoms with Gasteiger partial charge in [-0.1, -0.05) is 13.0 Å². The molecule has 0 spiro atoms. The van der Waals surface area contributed by atoms with Crippen molar-refractivity contribution in [2.24, 2.45) is 5.92 Å². The standard InChI is InChI=1S/C13H21N3/c1-3-14-13-12(5-4-7-15-13)10-16-8-6-11(2)9-16/h4-5,7,11H,3,6,8-10H2,1-2H3,(H,14,15). The first-order chi connectivity index (χ1) is 7.79. The lowest BCUT2D eigenvalue weighted by Gasteiger charge is -2.17. The molecule has 0 bridgehead atoms. The molecular formula is C13H21N3. The highest BCUT2D eigenvalue weighted by Gasteiger charge is 2.19. The fourth-order valence-corrected chi connectivity index (χ4v) is 2.30. The molecule has 0 aromatic carbocycles. The maximum atomic E-state index is 4.39. The molecule has 88 valence electrons. The van der Waals surface area contributed by atoms with Crippen molar-refractivity contribution >= 4 is 5.82 Å². The van der Waals surface area contributed by atoms with Crippen LogP contribution in [-0.2, 0) is 6.54 Å². The molecule has 0 radical (unpaired) electrons. The minimum Gasteiger partial charge on any atom is -0.370 e. The van der Waals surface area contributed by atoms with Crippen molar-refractivity contribution in [1.82, 2.24) is 9.88 Å². The third kappa shape index (κ3) is 2.73. The lowest BCUT2D eigenvalue weighted by atomic mass is 10.2. The number of likely N-dealkylation sites (tertiary alicyclic amines) is 1. The topological polar surface area (TPSA) is 28.2 Å². The van der Waals surface area contributed by atoms with Gasteiger partial charge in [0.05, 0.1) is 0 Å². The third-order valence-electron chi connectivity index (χ3n) is 3.14. The monoisotopic (exact) mass is 219 g/mol. The maximum Gasteiger partial charge on any atom is 0.130 e. The summed E-state index contributed by atoms with van der Waals surface area (Å²) in [5.41, 5.74) is 1.32. The molecule has 0 saturated carbocycles. The molecule has 3 heteroatoms. The van der Waals surface area contributed by atoms with Crippen LogP contribution in [0.3, 0.4) is 0 Å². The summed E-state index contributed by atoms with van der Waals surface area (Å²) < 4.78 is 0. The Bertz CT molecular complexity index is 338. The van der Waals surface area contributed by atoms with Crippen LogP contribution in [-0.4, -0.2) is 29.5 Å². The summed E-state index contributed by atoms with van der Waals surface area (Å²) >= 11 is 0. The van der Waals surface area contributed by atoms with Gasteiger partial charge < -0.3 is 5.32 Å². The number of rotatable bonds is 4. The number of pyridine rings is 1. The first-order valence-corrected chi connectivity index (χ1v) is 6.19. The summed E-state index contributed by atoms with van der Waals surface area (Å²) in [6, 6.07) is 4.20. The van der Waals surface area contributed by atoms with Gasteiger partial charge in [-0.15, -0.1) is 0 Å². The molecule has 2 rings (SSSR count). The zero-order valence-electron chi connectivity index (χ0n) is 10.2. The van der Waals surface area contributed by atoms with Crippen LogP contribution in [0.1, 0.15) is 25.8 Å². The Kier molecular flexibility index (Phi) is 3.78. The molecule has 1 unspecified atom stereocenters. The quantitative estimate of drug-likeness (QED) is 0.842. The van der Waals surface area contributed by atoms with Gasteiger partial charge >= 0.3 is 0 Å². The van der Waals surface area contributed by atoms with E-state index in [1.165, 1.54) is 25.1 Å². The Morgan fingerprint density at radius 1 is 1.56 bits per heavy atom. The van der Waals surface area contributed by atoms with Crippen molar-refractivity contribution in [3.05, 3.63) is 23.9 Å². The molecule has 1 atom stereocenters. The van der Waals surface area contributed by atoms with Crippen LogP contribution in [0.4, 0.5) is 5.82 Å². The largest absolute Gasteiger partial charge is 0.370 e. The molecule has 1 N–H and O–H groups in total. The van der Waals surface area contributed by atoms with Crippen molar-refractivity contribution in [2.45, 2.75) is 26.8 Å². The van der Waals surface area contributed by atoms with E-state index in [4.69, 9.17) is 0 Å². The van der Waals surface area contributed by atoms with Crippen molar-refractivity contribution < 1.29 is 0 Å². The predicted octanol–water partition coefficient (Wildman–Crippen LogP) is 2.36. The van der Waals surface area contributed by atoms with Crippen LogP contribution in [0.2, 0.25) is 0 Å².